The third-order valence-corrected chi connectivity index (χ3v) is 4.49. The summed E-state index contributed by atoms with van der Waals surface area (Å²) in [5.41, 5.74) is 9.02. The Morgan fingerprint density at radius 2 is 1.40 bits per heavy atom. The quantitative estimate of drug-likeness (QED) is 0.489. The molecule has 1 nitrogen and oxygen atoms in total. The van der Waals surface area contributed by atoms with E-state index in [1.165, 1.54) is 22.3 Å². The van der Waals surface area contributed by atoms with Crippen molar-refractivity contribution in [1.29, 1.82) is 0 Å². The maximum absolute atomic E-state index is 4.80. The highest BCUT2D eigenvalue weighted by molar-refractivity contribution is 6.07. The summed E-state index contributed by atoms with van der Waals surface area (Å²) in [5, 5.41) is 0. The Bertz CT molecular complexity index is 933. The second-order valence-corrected chi connectivity index (χ2v) is 6.32. The van der Waals surface area contributed by atoms with Crippen LogP contribution in [0.2, 0.25) is 0 Å². The lowest BCUT2D eigenvalue weighted by Gasteiger charge is -2.15. The number of benzene rings is 3. The fourth-order valence-electron chi connectivity index (χ4n) is 3.14. The van der Waals surface area contributed by atoms with Crippen LogP contribution in [-0.4, -0.2) is 5.71 Å². The molecule has 0 aliphatic carbocycles. The van der Waals surface area contributed by atoms with Gasteiger partial charge in [0.2, 0.25) is 0 Å². The highest BCUT2D eigenvalue weighted by Gasteiger charge is 2.12. The average molecular weight is 325 g/mol. The van der Waals surface area contributed by atoms with Crippen molar-refractivity contribution in [1.82, 2.24) is 0 Å². The minimum absolute atomic E-state index is 0.787. The Morgan fingerprint density at radius 3 is 2.12 bits per heavy atom. The molecule has 124 valence electrons. The van der Waals surface area contributed by atoms with Gasteiger partial charge in [-0.3, -0.25) is 4.99 Å². The van der Waals surface area contributed by atoms with Crippen molar-refractivity contribution in [2.24, 2.45) is 4.99 Å². The van der Waals surface area contributed by atoms with Crippen molar-refractivity contribution in [3.63, 3.8) is 0 Å². The first kappa shape index (κ1) is 16.9. The normalized spacial score (nSPS) is 11.4. The summed E-state index contributed by atoms with van der Waals surface area (Å²) in [6.07, 6.45) is 0. The average Bonchev–Trinajstić information content (AvgIpc) is 2.63. The number of aliphatic imine (C=N–C) groups is 1. The van der Waals surface area contributed by atoms with Gasteiger partial charge in [0.15, 0.2) is 0 Å². The molecule has 3 aromatic rings. The van der Waals surface area contributed by atoms with Gasteiger partial charge in [-0.15, -0.1) is 0 Å². The number of hydrogen-bond acceptors (Lipinski definition) is 1. The molecule has 0 N–H and O–H groups in total. The molecular weight excluding hydrogens is 302 g/mol. The highest BCUT2D eigenvalue weighted by Crippen LogP contribution is 2.31. The summed E-state index contributed by atoms with van der Waals surface area (Å²) < 4.78 is 0. The van der Waals surface area contributed by atoms with Gasteiger partial charge in [-0.25, -0.2) is 0 Å². The minimum atomic E-state index is 0.787. The molecule has 0 unspecified atom stereocenters. The van der Waals surface area contributed by atoms with Crippen LogP contribution in [0.15, 0.2) is 84.4 Å². The van der Waals surface area contributed by atoms with Crippen LogP contribution in [0.1, 0.15) is 29.2 Å². The van der Waals surface area contributed by atoms with Crippen molar-refractivity contribution >= 4 is 11.4 Å². The van der Waals surface area contributed by atoms with Crippen LogP contribution < -0.4 is 0 Å². The zero-order chi connectivity index (χ0) is 17.8. The van der Waals surface area contributed by atoms with Crippen molar-refractivity contribution in [3.8, 4) is 11.1 Å². The molecule has 0 heterocycles. The van der Waals surface area contributed by atoms with Crippen molar-refractivity contribution in [3.05, 3.63) is 102 Å². The van der Waals surface area contributed by atoms with E-state index >= 15 is 0 Å². The van der Waals surface area contributed by atoms with E-state index in [2.05, 4.69) is 69.8 Å². The molecule has 0 atom stereocenters. The molecule has 0 saturated heterocycles. The number of hydrogen-bond donors (Lipinski definition) is 0. The maximum atomic E-state index is 4.80. The van der Waals surface area contributed by atoms with E-state index < -0.39 is 0 Å². The standard InChI is InChI=1S/C24H23N/c1-17-11-8-9-15-22(17)24-18(2)12-10-16-23(24)20(4)25-19(3)21-13-6-5-7-14-21/h5-16H,3H2,1-2,4H3. The molecular formula is C24H23N. The van der Waals surface area contributed by atoms with Gasteiger partial charge in [-0.2, -0.15) is 0 Å². The van der Waals surface area contributed by atoms with E-state index in [1.54, 1.807) is 0 Å². The van der Waals surface area contributed by atoms with E-state index in [4.69, 9.17) is 4.99 Å². The molecule has 0 spiro atoms. The first-order valence-electron chi connectivity index (χ1n) is 8.53. The zero-order valence-corrected chi connectivity index (χ0v) is 15.1. The van der Waals surface area contributed by atoms with Crippen LogP contribution in [0.3, 0.4) is 0 Å². The summed E-state index contributed by atoms with van der Waals surface area (Å²) in [7, 11) is 0. The Labute approximate surface area is 150 Å². The lowest BCUT2D eigenvalue weighted by molar-refractivity contribution is 1.39. The minimum Gasteiger partial charge on any atom is -0.253 e. The van der Waals surface area contributed by atoms with Gasteiger partial charge in [-0.1, -0.05) is 79.4 Å². The molecule has 3 rings (SSSR count). The van der Waals surface area contributed by atoms with Gasteiger partial charge in [-0.05, 0) is 48.6 Å². The van der Waals surface area contributed by atoms with Gasteiger partial charge >= 0.3 is 0 Å². The second-order valence-electron chi connectivity index (χ2n) is 6.32. The van der Waals surface area contributed by atoms with Gasteiger partial charge in [0.05, 0.1) is 5.70 Å². The van der Waals surface area contributed by atoms with Crippen LogP contribution >= 0.6 is 0 Å². The predicted molar refractivity (Wildman–Crippen MR) is 109 cm³/mol. The molecule has 0 aromatic heterocycles. The number of rotatable bonds is 4. The molecule has 0 amide bonds. The number of nitrogens with zero attached hydrogens (tertiary/aromatic N) is 1. The summed E-state index contributed by atoms with van der Waals surface area (Å²) >= 11 is 0. The van der Waals surface area contributed by atoms with E-state index in [9.17, 15) is 0 Å². The van der Waals surface area contributed by atoms with E-state index in [1.807, 2.05) is 30.3 Å². The Kier molecular flexibility index (Phi) is 4.95. The zero-order valence-electron chi connectivity index (χ0n) is 15.1. The van der Waals surface area contributed by atoms with E-state index in [0.717, 1.165) is 22.5 Å². The second kappa shape index (κ2) is 7.31. The fraction of sp³-hybridized carbons (Fsp3) is 0.125. The number of aryl methyl sites for hydroxylation is 2. The highest BCUT2D eigenvalue weighted by atomic mass is 14.8. The third kappa shape index (κ3) is 3.61. The molecule has 0 aliphatic heterocycles. The van der Waals surface area contributed by atoms with Gasteiger partial charge in [0, 0.05) is 11.3 Å². The molecule has 0 bridgehead atoms. The first-order valence-corrected chi connectivity index (χ1v) is 8.53. The van der Waals surface area contributed by atoms with Crippen molar-refractivity contribution in [2.45, 2.75) is 20.8 Å². The van der Waals surface area contributed by atoms with Crippen LogP contribution in [0.4, 0.5) is 0 Å². The molecule has 3 aromatic carbocycles. The lowest BCUT2D eigenvalue weighted by atomic mass is 9.90. The van der Waals surface area contributed by atoms with Gasteiger partial charge in [0.25, 0.3) is 0 Å². The molecule has 0 fully saturated rings. The Hall–Kier alpha value is -2.93. The van der Waals surface area contributed by atoms with Crippen molar-refractivity contribution < 1.29 is 0 Å². The smallest absolute Gasteiger partial charge is 0.0633 e. The molecule has 0 saturated carbocycles. The maximum Gasteiger partial charge on any atom is 0.0633 e. The van der Waals surface area contributed by atoms with Gasteiger partial charge in [0.1, 0.15) is 0 Å². The lowest BCUT2D eigenvalue weighted by Crippen LogP contribution is -2.01. The van der Waals surface area contributed by atoms with E-state index in [0.29, 0.717) is 0 Å². The topological polar surface area (TPSA) is 12.4 Å². The molecule has 25 heavy (non-hydrogen) atoms. The summed E-state index contributed by atoms with van der Waals surface area (Å²) in [5.74, 6) is 0. The van der Waals surface area contributed by atoms with Crippen LogP contribution in [0, 0.1) is 13.8 Å². The van der Waals surface area contributed by atoms with Crippen LogP contribution in [0.5, 0.6) is 0 Å². The predicted octanol–water partition coefficient (Wildman–Crippen LogP) is 6.45. The summed E-state index contributed by atoms with van der Waals surface area (Å²) in [4.78, 5) is 4.80. The van der Waals surface area contributed by atoms with Crippen LogP contribution in [0.25, 0.3) is 16.8 Å². The first-order chi connectivity index (χ1) is 12.1. The Morgan fingerprint density at radius 1 is 0.760 bits per heavy atom. The Balaban J connectivity index is 2.09. The molecule has 0 radical (unpaired) electrons. The summed E-state index contributed by atoms with van der Waals surface area (Å²) in [6.45, 7) is 10.5. The molecule has 1 heteroatoms. The van der Waals surface area contributed by atoms with Crippen LogP contribution in [-0.2, 0) is 0 Å². The van der Waals surface area contributed by atoms with Gasteiger partial charge < -0.3 is 0 Å². The van der Waals surface area contributed by atoms with E-state index in [-0.39, 0.29) is 0 Å². The van der Waals surface area contributed by atoms with Crippen molar-refractivity contribution in [2.75, 3.05) is 0 Å². The third-order valence-electron chi connectivity index (χ3n) is 4.49. The largest absolute Gasteiger partial charge is 0.253 e. The SMILES string of the molecule is C=C(N=C(C)c1cccc(C)c1-c1ccccc1C)c1ccccc1. The molecule has 0 aliphatic rings. The fourth-order valence-corrected chi connectivity index (χ4v) is 3.14. The summed E-state index contributed by atoms with van der Waals surface area (Å²) in [6, 6.07) is 25.0. The monoisotopic (exact) mass is 325 g/mol.